The van der Waals surface area contributed by atoms with Crippen molar-refractivity contribution >= 4 is 31.7 Å². The first-order valence-corrected chi connectivity index (χ1v) is 9.22. The molecule has 0 aromatic carbocycles. The number of hydrogen-bond donors (Lipinski definition) is 1. The average Bonchev–Trinajstić information content (AvgIpc) is 3.07. The molecular weight excluding hydrogens is 346 g/mol. The van der Waals surface area contributed by atoms with E-state index in [2.05, 4.69) is 26.1 Å². The first kappa shape index (κ1) is 14.1. The van der Waals surface area contributed by atoms with Crippen LogP contribution in [0.2, 0.25) is 0 Å². The number of nitrogens with zero attached hydrogens (tertiary/aromatic N) is 2. The summed E-state index contributed by atoms with van der Waals surface area (Å²) < 4.78 is 23.7. The highest BCUT2D eigenvalue weighted by Crippen LogP contribution is 2.43. The maximum atomic E-state index is 12.4. The minimum atomic E-state index is -3.00. The van der Waals surface area contributed by atoms with Crippen molar-refractivity contribution in [1.82, 2.24) is 15.1 Å². The average molecular weight is 362 g/mol. The van der Waals surface area contributed by atoms with Crippen molar-refractivity contribution in [3.05, 3.63) is 15.9 Å². The van der Waals surface area contributed by atoms with E-state index >= 15 is 0 Å². The largest absolute Gasteiger partial charge is 0.336 e. The van der Waals surface area contributed by atoms with Gasteiger partial charge in [-0.05, 0) is 35.2 Å². The van der Waals surface area contributed by atoms with Crippen molar-refractivity contribution in [2.45, 2.75) is 31.2 Å². The molecule has 1 aromatic heterocycles. The van der Waals surface area contributed by atoms with Crippen molar-refractivity contribution in [3.63, 3.8) is 0 Å². The maximum Gasteiger partial charge on any atom is 0.275 e. The van der Waals surface area contributed by atoms with E-state index in [-0.39, 0.29) is 23.5 Å². The van der Waals surface area contributed by atoms with Gasteiger partial charge < -0.3 is 4.90 Å². The Labute approximate surface area is 126 Å². The number of rotatable bonds is 3. The first-order chi connectivity index (χ1) is 9.39. The number of carbonyl (C=O) groups excluding carboxylic acids is 1. The van der Waals surface area contributed by atoms with Gasteiger partial charge in [0.15, 0.2) is 15.5 Å². The number of hydrogen-bond acceptors (Lipinski definition) is 4. The summed E-state index contributed by atoms with van der Waals surface area (Å²) in [6.07, 6.45) is 2.73. The van der Waals surface area contributed by atoms with Crippen LogP contribution in [0, 0.1) is 0 Å². The molecule has 2 heterocycles. The lowest BCUT2D eigenvalue weighted by atomic mass is 10.2. The van der Waals surface area contributed by atoms with Crippen molar-refractivity contribution in [2.75, 3.05) is 18.6 Å². The Bertz CT molecular complexity index is 651. The quantitative estimate of drug-likeness (QED) is 0.879. The number of nitrogens with one attached hydrogen (secondary N) is 1. The zero-order valence-electron chi connectivity index (χ0n) is 11.1. The minimum absolute atomic E-state index is 0.0484. The lowest BCUT2D eigenvalue weighted by Gasteiger charge is -2.22. The van der Waals surface area contributed by atoms with Crippen molar-refractivity contribution in [1.29, 1.82) is 0 Å². The Balaban J connectivity index is 1.78. The molecule has 1 aromatic rings. The molecule has 110 valence electrons. The molecule has 1 saturated heterocycles. The van der Waals surface area contributed by atoms with E-state index in [1.54, 1.807) is 7.05 Å². The number of amides is 1. The molecule has 0 bridgehead atoms. The number of H-pyrrole nitrogens is 1. The van der Waals surface area contributed by atoms with Gasteiger partial charge in [-0.25, -0.2) is 8.42 Å². The molecule has 0 spiro atoms. The molecule has 20 heavy (non-hydrogen) atoms. The second-order valence-electron chi connectivity index (χ2n) is 5.55. The van der Waals surface area contributed by atoms with E-state index in [0.717, 1.165) is 23.0 Å². The third kappa shape index (κ3) is 2.50. The van der Waals surface area contributed by atoms with Gasteiger partial charge in [-0.15, -0.1) is 0 Å². The zero-order chi connectivity index (χ0) is 14.5. The number of aromatic nitrogens is 2. The van der Waals surface area contributed by atoms with Gasteiger partial charge in [0.05, 0.1) is 21.7 Å². The van der Waals surface area contributed by atoms with Crippen LogP contribution in [0.15, 0.2) is 4.47 Å². The molecule has 2 aliphatic rings. The number of sulfone groups is 1. The summed E-state index contributed by atoms with van der Waals surface area (Å²) in [6.45, 7) is 0. The van der Waals surface area contributed by atoms with E-state index in [1.807, 2.05) is 0 Å². The molecule has 1 amide bonds. The highest BCUT2D eigenvalue weighted by Gasteiger charge is 2.36. The molecule has 3 rings (SSSR count). The second kappa shape index (κ2) is 4.84. The monoisotopic (exact) mass is 361 g/mol. The highest BCUT2D eigenvalue weighted by molar-refractivity contribution is 9.10. The van der Waals surface area contributed by atoms with Gasteiger partial charge in [0, 0.05) is 19.0 Å². The lowest BCUT2D eigenvalue weighted by Crippen LogP contribution is -2.38. The first-order valence-electron chi connectivity index (χ1n) is 6.60. The van der Waals surface area contributed by atoms with E-state index in [1.165, 1.54) is 4.90 Å². The standard InChI is InChI=1S/C12H16BrN3O3S/c1-16(8-4-5-20(18,19)6-8)12(17)11-9(13)10(14-15-11)7-2-3-7/h7-8H,2-6H2,1H3,(H,14,15). The summed E-state index contributed by atoms with van der Waals surface area (Å²) in [7, 11) is -1.35. The van der Waals surface area contributed by atoms with Crippen LogP contribution in [-0.4, -0.2) is 54.0 Å². The second-order valence-corrected chi connectivity index (χ2v) is 8.57. The number of aromatic amines is 1. The fraction of sp³-hybridized carbons (Fsp3) is 0.667. The molecule has 8 heteroatoms. The lowest BCUT2D eigenvalue weighted by molar-refractivity contribution is 0.0741. The predicted octanol–water partition coefficient (Wildman–Crippen LogP) is 1.31. The van der Waals surface area contributed by atoms with Gasteiger partial charge in [-0.3, -0.25) is 9.89 Å². The maximum absolute atomic E-state index is 12.4. The molecule has 1 atom stereocenters. The van der Waals surface area contributed by atoms with Crippen LogP contribution in [-0.2, 0) is 9.84 Å². The van der Waals surface area contributed by atoms with Crippen LogP contribution in [0.3, 0.4) is 0 Å². The predicted molar refractivity (Wildman–Crippen MR) is 77.4 cm³/mol. The van der Waals surface area contributed by atoms with Crippen LogP contribution in [0.1, 0.15) is 41.4 Å². The van der Waals surface area contributed by atoms with Gasteiger partial charge in [0.25, 0.3) is 5.91 Å². The topological polar surface area (TPSA) is 83.1 Å². The molecule has 1 N–H and O–H groups in total. The minimum Gasteiger partial charge on any atom is -0.336 e. The molecule has 1 unspecified atom stereocenters. The van der Waals surface area contributed by atoms with Crippen LogP contribution >= 0.6 is 15.9 Å². The molecule has 2 fully saturated rings. The van der Waals surface area contributed by atoms with E-state index < -0.39 is 9.84 Å². The van der Waals surface area contributed by atoms with E-state index in [4.69, 9.17) is 0 Å². The van der Waals surface area contributed by atoms with Crippen molar-refractivity contribution < 1.29 is 13.2 Å². The zero-order valence-corrected chi connectivity index (χ0v) is 13.5. The molecule has 1 aliphatic carbocycles. The SMILES string of the molecule is CN(C(=O)c1n[nH]c(C2CC2)c1Br)C1CCS(=O)(=O)C1. The Morgan fingerprint density at radius 3 is 2.65 bits per heavy atom. The Morgan fingerprint density at radius 1 is 1.40 bits per heavy atom. The highest BCUT2D eigenvalue weighted by atomic mass is 79.9. The molecule has 6 nitrogen and oxygen atoms in total. The molecular formula is C12H16BrN3O3S. The third-order valence-electron chi connectivity index (χ3n) is 4.00. The smallest absolute Gasteiger partial charge is 0.275 e. The van der Waals surface area contributed by atoms with Crippen molar-refractivity contribution in [3.8, 4) is 0 Å². The fourth-order valence-electron chi connectivity index (χ4n) is 2.54. The molecule has 0 radical (unpaired) electrons. The summed E-state index contributed by atoms with van der Waals surface area (Å²) in [6, 6.07) is -0.250. The summed E-state index contributed by atoms with van der Waals surface area (Å²) in [5.74, 6) is 0.439. The summed E-state index contributed by atoms with van der Waals surface area (Å²) in [5, 5.41) is 7.01. The fourth-order valence-corrected chi connectivity index (χ4v) is 4.98. The van der Waals surface area contributed by atoms with Crippen LogP contribution < -0.4 is 0 Å². The van der Waals surface area contributed by atoms with Gasteiger partial charge in [-0.1, -0.05) is 0 Å². The number of carbonyl (C=O) groups is 1. The Hall–Kier alpha value is -0.890. The number of halogens is 1. The van der Waals surface area contributed by atoms with Crippen LogP contribution in [0.4, 0.5) is 0 Å². The van der Waals surface area contributed by atoms with Crippen molar-refractivity contribution in [2.24, 2.45) is 0 Å². The third-order valence-corrected chi connectivity index (χ3v) is 6.55. The van der Waals surface area contributed by atoms with Gasteiger partial charge in [0.2, 0.25) is 0 Å². The Kier molecular flexibility index (Phi) is 3.40. The van der Waals surface area contributed by atoms with Crippen LogP contribution in [0.5, 0.6) is 0 Å². The summed E-state index contributed by atoms with van der Waals surface area (Å²) in [4.78, 5) is 13.9. The molecule has 1 saturated carbocycles. The van der Waals surface area contributed by atoms with E-state index in [9.17, 15) is 13.2 Å². The van der Waals surface area contributed by atoms with Crippen LogP contribution in [0.25, 0.3) is 0 Å². The summed E-state index contributed by atoms with van der Waals surface area (Å²) in [5.41, 5.74) is 1.32. The normalized spacial score (nSPS) is 24.8. The van der Waals surface area contributed by atoms with E-state index in [0.29, 0.717) is 18.0 Å². The molecule has 1 aliphatic heterocycles. The van der Waals surface area contributed by atoms with Gasteiger partial charge in [0.1, 0.15) is 0 Å². The van der Waals surface area contributed by atoms with Gasteiger partial charge in [-0.2, -0.15) is 5.10 Å². The summed E-state index contributed by atoms with van der Waals surface area (Å²) >= 11 is 3.43. The Morgan fingerprint density at radius 2 is 2.10 bits per heavy atom. The van der Waals surface area contributed by atoms with Gasteiger partial charge >= 0.3 is 0 Å².